The molecule has 2 saturated carbocycles. The third-order valence-electron chi connectivity index (χ3n) is 12.8. The average molecular weight is 811 g/mol. The van der Waals surface area contributed by atoms with Crippen LogP contribution in [0.4, 0.5) is 22.7 Å². The first-order chi connectivity index (χ1) is 26.4. The van der Waals surface area contributed by atoms with Gasteiger partial charge in [-0.25, -0.2) is 14.4 Å². The molecule has 15 heteroatoms. The Morgan fingerprint density at radius 2 is 1.93 bits per heavy atom. The Labute approximate surface area is 328 Å². The zero-order valence-electron chi connectivity index (χ0n) is 29.8. The molecule has 2 aromatic carbocycles. The zero-order valence-corrected chi connectivity index (χ0v) is 32.1. The van der Waals surface area contributed by atoms with Crippen molar-refractivity contribution in [2.75, 3.05) is 24.5 Å². The number of thiazole rings is 1. The van der Waals surface area contributed by atoms with Crippen molar-refractivity contribution < 1.29 is 22.7 Å². The summed E-state index contributed by atoms with van der Waals surface area (Å²) in [5.41, 5.74) is 3.22. The highest BCUT2D eigenvalue weighted by molar-refractivity contribution is 7.13. The highest BCUT2D eigenvalue weighted by atomic mass is 35.5. The molecule has 7 atom stereocenters. The van der Waals surface area contributed by atoms with Crippen LogP contribution >= 0.6 is 34.5 Å². The third-order valence-corrected chi connectivity index (χ3v) is 14.5. The van der Waals surface area contributed by atoms with Crippen LogP contribution in [0.3, 0.4) is 0 Å². The second-order valence-electron chi connectivity index (χ2n) is 16.0. The van der Waals surface area contributed by atoms with Crippen molar-refractivity contribution in [2.24, 2.45) is 17.8 Å². The number of hydrogen-bond acceptors (Lipinski definition) is 8. The summed E-state index contributed by atoms with van der Waals surface area (Å²) < 4.78 is 60.6. The van der Waals surface area contributed by atoms with E-state index >= 15 is 4.39 Å². The molecule has 8 nitrogen and oxygen atoms in total. The van der Waals surface area contributed by atoms with Gasteiger partial charge >= 0.3 is 6.18 Å². The number of nitrogens with zero attached hydrogens (tertiary/aromatic N) is 6. The number of aromatic nitrogens is 3. The largest absolute Gasteiger partial charge is 0.434 e. The van der Waals surface area contributed by atoms with Crippen molar-refractivity contribution in [3.8, 4) is 17.2 Å². The van der Waals surface area contributed by atoms with Crippen LogP contribution in [0.25, 0.3) is 32.9 Å². The van der Waals surface area contributed by atoms with Gasteiger partial charge in [-0.05, 0) is 80.5 Å². The third kappa shape index (κ3) is 5.61. The van der Waals surface area contributed by atoms with Gasteiger partial charge in [0, 0.05) is 76.8 Å². The van der Waals surface area contributed by atoms with Gasteiger partial charge in [0.2, 0.25) is 0 Å². The van der Waals surface area contributed by atoms with Crippen LogP contribution in [-0.2, 0) is 12.6 Å². The summed E-state index contributed by atoms with van der Waals surface area (Å²) in [6, 6.07) is 11.4. The summed E-state index contributed by atoms with van der Waals surface area (Å²) in [5.74, 6) is -0.0590. The van der Waals surface area contributed by atoms with E-state index in [0.717, 1.165) is 65.5 Å². The van der Waals surface area contributed by atoms with Crippen LogP contribution in [0.15, 0.2) is 35.7 Å². The van der Waals surface area contributed by atoms with E-state index in [4.69, 9.17) is 28.2 Å². The molecule has 5 aromatic rings. The maximum absolute atomic E-state index is 17.3. The van der Waals surface area contributed by atoms with Gasteiger partial charge in [0.15, 0.2) is 16.6 Å². The number of halogens is 6. The number of nitriles is 1. The molecular weight excluding hydrogens is 773 g/mol. The lowest BCUT2D eigenvalue weighted by Gasteiger charge is -2.41. The van der Waals surface area contributed by atoms with Crippen molar-refractivity contribution in [1.29, 1.82) is 5.26 Å². The van der Waals surface area contributed by atoms with E-state index in [-0.39, 0.29) is 64.9 Å². The monoisotopic (exact) mass is 809 g/mol. The minimum Gasteiger partial charge on any atom is -0.378 e. The molecule has 286 valence electrons. The average Bonchev–Trinajstić information content (AvgIpc) is 3.56. The number of benzene rings is 2. The first-order valence-corrected chi connectivity index (χ1v) is 20.5. The van der Waals surface area contributed by atoms with Gasteiger partial charge in [-0.15, -0.1) is 11.3 Å². The standard InChI is InChI=1S/C40H37Cl2F4N7OS/c1-18-25-13-29(36-22-10-23(52(36)38(54)19-7-8-19)16-51(15-22)39-50-30(17-55-39)40(44,45)46)53(35-21-12-28(35)48-14-21)37(25)26-11-20(4-3-9-47)31(33(43)34(26)49-18)24-5-2-6-27(41)32(24)42/h2,5-6,11,13,17,19,21-23,28,35-36,38,48,54H,3-4,7-8,10,12,14-16H2,1H3/t21-,22+,23-,28-,35+,36-,38?/m1/s1. The molecule has 11 rings (SSSR count). The number of anilines is 1. The number of aliphatic hydroxyl groups is 1. The van der Waals surface area contributed by atoms with Crippen molar-refractivity contribution in [1.82, 2.24) is 24.8 Å². The fourth-order valence-electron chi connectivity index (χ4n) is 10.2. The Balaban J connectivity index is 1.19. The van der Waals surface area contributed by atoms with Gasteiger partial charge in [-0.3, -0.25) is 4.90 Å². The summed E-state index contributed by atoms with van der Waals surface area (Å²) in [6.45, 7) is 3.71. The number of piperidine rings is 1. The molecule has 6 aliphatic rings. The molecule has 3 aromatic heterocycles. The maximum atomic E-state index is 17.3. The smallest absolute Gasteiger partial charge is 0.378 e. The maximum Gasteiger partial charge on any atom is 0.434 e. The molecule has 0 radical (unpaired) electrons. The van der Waals surface area contributed by atoms with Gasteiger partial charge in [0.1, 0.15) is 11.7 Å². The van der Waals surface area contributed by atoms with Gasteiger partial charge in [0.05, 0.1) is 33.7 Å². The lowest BCUT2D eigenvalue weighted by atomic mass is 9.79. The molecular formula is C40H37Cl2F4N7OS. The summed E-state index contributed by atoms with van der Waals surface area (Å²) in [4.78, 5) is 13.1. The SMILES string of the molecule is Cc1nc2c(F)c(-c3cccc(Cl)c3Cl)c(CCC#N)cc2c2c1cc([C@H]1[C@H]3C[C@H](CN(c4nc(C(F)(F)F)cs4)C3)N1C(O)C1CC1)n2[C@H]1[C@H]2CN[C@@H]1C2. The molecule has 2 N–H and O–H groups in total. The molecule has 6 fully saturated rings. The number of pyridine rings is 1. The van der Waals surface area contributed by atoms with Crippen LogP contribution in [0, 0.1) is 41.8 Å². The second kappa shape index (κ2) is 13.0. The number of rotatable bonds is 8. The zero-order chi connectivity index (χ0) is 38.1. The van der Waals surface area contributed by atoms with E-state index in [1.54, 1.807) is 18.2 Å². The van der Waals surface area contributed by atoms with Crippen LogP contribution in [0.5, 0.6) is 0 Å². The number of aryl methyl sites for hydroxylation is 2. The first kappa shape index (κ1) is 35.9. The molecule has 4 bridgehead atoms. The van der Waals surface area contributed by atoms with E-state index in [9.17, 15) is 23.5 Å². The molecule has 7 heterocycles. The Morgan fingerprint density at radius 3 is 2.62 bits per heavy atom. The molecule has 0 spiro atoms. The van der Waals surface area contributed by atoms with Crippen molar-refractivity contribution >= 4 is 61.5 Å². The minimum atomic E-state index is -4.53. The number of fused-ring (bicyclic) bond motifs is 6. The highest BCUT2D eigenvalue weighted by Gasteiger charge is 2.55. The first-order valence-electron chi connectivity index (χ1n) is 18.9. The van der Waals surface area contributed by atoms with E-state index in [1.807, 2.05) is 17.9 Å². The second-order valence-corrected chi connectivity index (χ2v) is 17.6. The van der Waals surface area contributed by atoms with E-state index in [1.165, 1.54) is 0 Å². The molecule has 4 aliphatic heterocycles. The molecule has 4 saturated heterocycles. The molecule has 0 amide bonds. The summed E-state index contributed by atoms with van der Waals surface area (Å²) >= 11 is 14.1. The van der Waals surface area contributed by atoms with E-state index in [2.05, 4.69) is 31.9 Å². The lowest BCUT2D eigenvalue weighted by molar-refractivity contribution is -0.140. The predicted octanol–water partition coefficient (Wildman–Crippen LogP) is 9.06. The summed E-state index contributed by atoms with van der Waals surface area (Å²) in [5, 5.41) is 28.8. The van der Waals surface area contributed by atoms with Crippen molar-refractivity contribution in [3.63, 3.8) is 0 Å². The summed E-state index contributed by atoms with van der Waals surface area (Å²) in [6.07, 6.45) is -1.13. The van der Waals surface area contributed by atoms with Gasteiger partial charge < -0.3 is 19.9 Å². The predicted molar refractivity (Wildman–Crippen MR) is 205 cm³/mol. The topological polar surface area (TPSA) is 93.2 Å². The highest BCUT2D eigenvalue weighted by Crippen LogP contribution is 2.55. The Morgan fingerprint density at radius 1 is 1.11 bits per heavy atom. The normalized spacial score (nSPS) is 26.9. The fraction of sp³-hybridized carbons (Fsp3) is 0.475. The van der Waals surface area contributed by atoms with Crippen molar-refractivity contribution in [3.05, 3.63) is 74.2 Å². The Kier molecular flexibility index (Phi) is 8.49. The number of hydrogen-bond donors (Lipinski definition) is 2. The van der Waals surface area contributed by atoms with Crippen LogP contribution in [0.1, 0.15) is 66.8 Å². The molecule has 55 heavy (non-hydrogen) atoms. The van der Waals surface area contributed by atoms with Crippen LogP contribution in [-0.4, -0.2) is 62.5 Å². The number of alkyl halides is 3. The van der Waals surface area contributed by atoms with Gasteiger partial charge in [-0.2, -0.15) is 18.4 Å². The van der Waals surface area contributed by atoms with Gasteiger partial charge in [0.25, 0.3) is 0 Å². The Hall–Kier alpha value is -3.51. The number of likely N-dealkylation sites (tertiary alicyclic amines) is 1. The summed E-state index contributed by atoms with van der Waals surface area (Å²) in [7, 11) is 0. The number of nitrogens with one attached hydrogen (secondary N) is 1. The van der Waals surface area contributed by atoms with Crippen molar-refractivity contribution in [2.45, 2.75) is 82.0 Å². The lowest BCUT2D eigenvalue weighted by Crippen LogP contribution is -2.47. The number of aliphatic hydroxyl groups excluding tert-OH is 1. The van der Waals surface area contributed by atoms with Crippen LogP contribution in [0.2, 0.25) is 10.0 Å². The quantitative estimate of drug-likeness (QED) is 0.151. The van der Waals surface area contributed by atoms with E-state index in [0.29, 0.717) is 51.4 Å². The molecule has 2 aliphatic carbocycles. The van der Waals surface area contributed by atoms with E-state index < -0.39 is 23.9 Å². The minimum absolute atomic E-state index is 0.0156. The Bertz CT molecular complexity index is 2410. The molecule has 1 unspecified atom stereocenters. The fourth-order valence-corrected chi connectivity index (χ4v) is 11.5. The van der Waals surface area contributed by atoms with Gasteiger partial charge in [-0.1, -0.05) is 35.3 Å². The van der Waals surface area contributed by atoms with Crippen LogP contribution < -0.4 is 10.2 Å².